The standard InChI is InChI=1S/C18H17ClFNO/c19-16-4-2-1-3-15(16)18(10-11-18)17(22)21-12-9-13-5-7-14(20)8-6-13/h1-8H,9-12H2,(H,21,22). The van der Waals surface area contributed by atoms with Crippen molar-refractivity contribution in [1.29, 1.82) is 0 Å². The van der Waals surface area contributed by atoms with Gasteiger partial charge in [0.15, 0.2) is 0 Å². The van der Waals surface area contributed by atoms with E-state index in [2.05, 4.69) is 5.32 Å². The maximum atomic E-state index is 12.8. The molecule has 0 aromatic heterocycles. The lowest BCUT2D eigenvalue weighted by atomic mass is 9.95. The van der Waals surface area contributed by atoms with Gasteiger partial charge in [0.25, 0.3) is 0 Å². The van der Waals surface area contributed by atoms with Gasteiger partial charge < -0.3 is 5.32 Å². The van der Waals surface area contributed by atoms with Crippen molar-refractivity contribution in [3.63, 3.8) is 0 Å². The Morgan fingerprint density at radius 3 is 2.45 bits per heavy atom. The molecule has 2 nitrogen and oxygen atoms in total. The van der Waals surface area contributed by atoms with Gasteiger partial charge in [-0.3, -0.25) is 4.79 Å². The highest BCUT2D eigenvalue weighted by Gasteiger charge is 2.52. The summed E-state index contributed by atoms with van der Waals surface area (Å²) in [5.41, 5.74) is 1.46. The molecule has 0 aliphatic heterocycles. The smallest absolute Gasteiger partial charge is 0.230 e. The monoisotopic (exact) mass is 317 g/mol. The molecule has 1 fully saturated rings. The van der Waals surface area contributed by atoms with Crippen LogP contribution in [0.25, 0.3) is 0 Å². The lowest BCUT2D eigenvalue weighted by molar-refractivity contribution is -0.123. The Hall–Kier alpha value is -1.87. The van der Waals surface area contributed by atoms with E-state index in [0.29, 0.717) is 18.0 Å². The first-order chi connectivity index (χ1) is 10.6. The number of rotatable bonds is 5. The second-order valence-electron chi connectivity index (χ2n) is 5.69. The average molecular weight is 318 g/mol. The summed E-state index contributed by atoms with van der Waals surface area (Å²) in [6, 6.07) is 13.9. The summed E-state index contributed by atoms with van der Waals surface area (Å²) in [4.78, 5) is 12.5. The Balaban J connectivity index is 1.60. The molecular formula is C18H17ClFNO. The van der Waals surface area contributed by atoms with Crippen molar-refractivity contribution in [1.82, 2.24) is 5.32 Å². The third-order valence-corrected chi connectivity index (χ3v) is 4.52. The molecule has 2 aromatic carbocycles. The van der Waals surface area contributed by atoms with Crippen LogP contribution < -0.4 is 5.32 Å². The quantitative estimate of drug-likeness (QED) is 0.891. The first-order valence-corrected chi connectivity index (χ1v) is 7.77. The van der Waals surface area contributed by atoms with Gasteiger partial charge in [0, 0.05) is 11.6 Å². The molecule has 0 radical (unpaired) electrons. The summed E-state index contributed by atoms with van der Waals surface area (Å²) < 4.78 is 12.8. The van der Waals surface area contributed by atoms with Gasteiger partial charge in [-0.25, -0.2) is 4.39 Å². The van der Waals surface area contributed by atoms with Gasteiger partial charge in [-0.15, -0.1) is 0 Å². The van der Waals surface area contributed by atoms with E-state index in [9.17, 15) is 9.18 Å². The van der Waals surface area contributed by atoms with Gasteiger partial charge in [0.1, 0.15) is 5.82 Å². The molecule has 3 rings (SSSR count). The van der Waals surface area contributed by atoms with Gasteiger partial charge in [-0.1, -0.05) is 41.9 Å². The predicted molar refractivity (Wildman–Crippen MR) is 85.5 cm³/mol. The number of amides is 1. The van der Waals surface area contributed by atoms with Gasteiger partial charge in [0.2, 0.25) is 5.91 Å². The fraction of sp³-hybridized carbons (Fsp3) is 0.278. The SMILES string of the molecule is O=C(NCCc1ccc(F)cc1)C1(c2ccccc2Cl)CC1. The minimum absolute atomic E-state index is 0.0303. The molecule has 0 atom stereocenters. The number of hydrogen-bond donors (Lipinski definition) is 1. The van der Waals surface area contributed by atoms with E-state index in [1.807, 2.05) is 24.3 Å². The first-order valence-electron chi connectivity index (χ1n) is 7.40. The predicted octanol–water partition coefficient (Wildman–Crippen LogP) is 3.87. The summed E-state index contributed by atoms with van der Waals surface area (Å²) in [7, 11) is 0. The first kappa shape index (κ1) is 15.0. The fourth-order valence-electron chi connectivity index (χ4n) is 2.73. The number of carbonyl (C=O) groups is 1. The van der Waals surface area contributed by atoms with Crippen LogP contribution in [0.4, 0.5) is 4.39 Å². The molecule has 1 saturated carbocycles. The van der Waals surface area contributed by atoms with E-state index in [-0.39, 0.29) is 11.7 Å². The summed E-state index contributed by atoms with van der Waals surface area (Å²) in [5.74, 6) is -0.217. The van der Waals surface area contributed by atoms with Crippen molar-refractivity contribution >= 4 is 17.5 Å². The Labute approximate surface area is 134 Å². The molecule has 1 amide bonds. The van der Waals surface area contributed by atoms with E-state index in [1.54, 1.807) is 12.1 Å². The second kappa shape index (κ2) is 6.09. The van der Waals surface area contributed by atoms with Crippen molar-refractivity contribution in [3.05, 3.63) is 70.5 Å². The number of nitrogens with one attached hydrogen (secondary N) is 1. The maximum absolute atomic E-state index is 12.8. The van der Waals surface area contributed by atoms with Crippen molar-refractivity contribution in [3.8, 4) is 0 Å². The van der Waals surface area contributed by atoms with Gasteiger partial charge in [-0.05, 0) is 48.6 Å². The minimum atomic E-state index is -0.457. The van der Waals surface area contributed by atoms with Crippen molar-refractivity contribution < 1.29 is 9.18 Å². The van der Waals surface area contributed by atoms with Crippen molar-refractivity contribution in [2.24, 2.45) is 0 Å². The molecule has 4 heteroatoms. The van der Waals surface area contributed by atoms with Crippen LogP contribution in [0.15, 0.2) is 48.5 Å². The summed E-state index contributed by atoms with van der Waals surface area (Å²) in [5, 5.41) is 3.63. The molecule has 0 bridgehead atoms. The van der Waals surface area contributed by atoms with E-state index in [1.165, 1.54) is 12.1 Å². The minimum Gasteiger partial charge on any atom is -0.355 e. The summed E-state index contributed by atoms with van der Waals surface area (Å²) in [6.07, 6.45) is 2.35. The molecule has 114 valence electrons. The van der Waals surface area contributed by atoms with Gasteiger partial charge >= 0.3 is 0 Å². The zero-order chi connectivity index (χ0) is 15.6. The molecule has 0 saturated heterocycles. The van der Waals surface area contributed by atoms with Crippen LogP contribution in [0, 0.1) is 5.82 Å². The van der Waals surface area contributed by atoms with E-state index in [4.69, 9.17) is 11.6 Å². The van der Waals surface area contributed by atoms with Crippen LogP contribution >= 0.6 is 11.6 Å². The van der Waals surface area contributed by atoms with Crippen molar-refractivity contribution in [2.75, 3.05) is 6.54 Å². The molecule has 0 unspecified atom stereocenters. The fourth-order valence-corrected chi connectivity index (χ4v) is 3.05. The lowest BCUT2D eigenvalue weighted by Crippen LogP contribution is -2.36. The van der Waals surface area contributed by atoms with Gasteiger partial charge in [0.05, 0.1) is 5.41 Å². The zero-order valence-corrected chi connectivity index (χ0v) is 12.9. The summed E-state index contributed by atoms with van der Waals surface area (Å²) >= 11 is 6.22. The lowest BCUT2D eigenvalue weighted by Gasteiger charge is -2.17. The van der Waals surface area contributed by atoms with Crippen LogP contribution in [0.5, 0.6) is 0 Å². The second-order valence-corrected chi connectivity index (χ2v) is 6.10. The Kier molecular flexibility index (Phi) is 4.16. The third-order valence-electron chi connectivity index (χ3n) is 4.19. The van der Waals surface area contributed by atoms with E-state index >= 15 is 0 Å². The number of carbonyl (C=O) groups excluding carboxylic acids is 1. The largest absolute Gasteiger partial charge is 0.355 e. The molecule has 22 heavy (non-hydrogen) atoms. The Morgan fingerprint density at radius 1 is 1.14 bits per heavy atom. The normalized spacial score (nSPS) is 15.4. The zero-order valence-electron chi connectivity index (χ0n) is 12.1. The van der Waals surface area contributed by atoms with Crippen molar-refractivity contribution in [2.45, 2.75) is 24.7 Å². The van der Waals surface area contributed by atoms with E-state index < -0.39 is 5.41 Å². The highest BCUT2D eigenvalue weighted by Crippen LogP contribution is 2.50. The molecule has 0 heterocycles. The maximum Gasteiger partial charge on any atom is 0.230 e. The molecular weight excluding hydrogens is 301 g/mol. The number of benzene rings is 2. The Bertz CT molecular complexity index is 680. The van der Waals surface area contributed by atoms with Crippen LogP contribution in [0.2, 0.25) is 5.02 Å². The van der Waals surface area contributed by atoms with Gasteiger partial charge in [-0.2, -0.15) is 0 Å². The molecule has 2 aromatic rings. The topological polar surface area (TPSA) is 29.1 Å². The van der Waals surface area contributed by atoms with Crippen LogP contribution in [0.3, 0.4) is 0 Å². The highest BCUT2D eigenvalue weighted by molar-refractivity contribution is 6.31. The summed E-state index contributed by atoms with van der Waals surface area (Å²) in [6.45, 7) is 0.538. The molecule has 1 aliphatic carbocycles. The average Bonchev–Trinajstić information content (AvgIpc) is 3.31. The molecule has 0 spiro atoms. The van der Waals surface area contributed by atoms with Crippen LogP contribution in [-0.2, 0) is 16.6 Å². The third kappa shape index (κ3) is 3.00. The number of hydrogen-bond acceptors (Lipinski definition) is 1. The molecule has 1 N–H and O–H groups in total. The van der Waals surface area contributed by atoms with Crippen LogP contribution in [-0.4, -0.2) is 12.5 Å². The molecule has 1 aliphatic rings. The Morgan fingerprint density at radius 2 is 1.82 bits per heavy atom. The van der Waals surface area contributed by atoms with Crippen LogP contribution in [0.1, 0.15) is 24.0 Å². The number of halogens is 2. The highest BCUT2D eigenvalue weighted by atomic mass is 35.5. The van der Waals surface area contributed by atoms with E-state index in [0.717, 1.165) is 24.0 Å².